The van der Waals surface area contributed by atoms with Crippen molar-refractivity contribution >= 4 is 93.9 Å². The van der Waals surface area contributed by atoms with Crippen LogP contribution in [0.2, 0.25) is 5.02 Å². The van der Waals surface area contributed by atoms with Gasteiger partial charge in [-0.15, -0.1) is 11.3 Å². The van der Waals surface area contributed by atoms with Gasteiger partial charge in [-0.1, -0.05) is 84.2 Å². The molecule has 0 bridgehead atoms. The van der Waals surface area contributed by atoms with Crippen molar-refractivity contribution in [2.45, 2.75) is 49.9 Å². The van der Waals surface area contributed by atoms with Gasteiger partial charge in [-0.2, -0.15) is 0 Å². The average Bonchev–Trinajstić information content (AvgIpc) is 3.64. The fraction of sp³-hybridized carbons (Fsp3) is 0.255. The number of carbonyl (C=O) groups is 7. The number of rotatable bonds is 18. The van der Waals surface area contributed by atoms with Crippen LogP contribution in [0.1, 0.15) is 67.7 Å². The Morgan fingerprint density at radius 1 is 0.924 bits per heavy atom. The number of anilines is 3. The minimum absolute atomic E-state index is 0.00465. The monoisotopic (exact) mass is 952 g/mol. The molecule has 2 fully saturated rings. The highest BCUT2D eigenvalue weighted by Crippen LogP contribution is 2.46. The summed E-state index contributed by atoms with van der Waals surface area (Å²) in [6, 6.07) is 29.2. The summed E-state index contributed by atoms with van der Waals surface area (Å²) in [7, 11) is 0. The highest BCUT2D eigenvalue weighted by Gasteiger charge is 2.35. The summed E-state index contributed by atoms with van der Waals surface area (Å²) in [6.07, 6.45) is 2.00. The van der Waals surface area contributed by atoms with Gasteiger partial charge in [0.05, 0.1) is 16.7 Å². The van der Waals surface area contributed by atoms with Crippen LogP contribution in [0.4, 0.5) is 17.1 Å². The first kappa shape index (κ1) is 47.2. The van der Waals surface area contributed by atoms with Gasteiger partial charge in [-0.25, -0.2) is 13.9 Å². The SMILES string of the molecule is Cc1ccc(NCC(=O)Nc2cccc(C(SN3CCC(Nc4cccc(-c5sc(C(=O)O)c(OCC(=O)O)c5Cl)c4)CC3)c3ccccc3)c2)cc1C(=O)N(C=O)C1CCC(=O)NC1=O. The summed E-state index contributed by atoms with van der Waals surface area (Å²) in [5, 5.41) is 30.5. The predicted molar refractivity (Wildman–Crippen MR) is 252 cm³/mol. The van der Waals surface area contributed by atoms with Gasteiger partial charge in [0.25, 0.3) is 5.91 Å². The van der Waals surface area contributed by atoms with E-state index in [4.69, 9.17) is 21.4 Å². The van der Waals surface area contributed by atoms with E-state index in [1.54, 1.807) is 31.0 Å². The Balaban J connectivity index is 0.963. The smallest absolute Gasteiger partial charge is 0.349 e. The zero-order chi connectivity index (χ0) is 46.9. The molecule has 0 radical (unpaired) electrons. The molecule has 2 saturated heterocycles. The molecule has 3 heterocycles. The van der Waals surface area contributed by atoms with Gasteiger partial charge >= 0.3 is 11.9 Å². The number of halogens is 1. The molecule has 19 heteroatoms. The first-order valence-electron chi connectivity index (χ1n) is 20.9. The van der Waals surface area contributed by atoms with E-state index in [9.17, 15) is 38.7 Å². The van der Waals surface area contributed by atoms with Crippen LogP contribution in [0, 0.1) is 6.92 Å². The predicted octanol–water partition coefficient (Wildman–Crippen LogP) is 7.31. The zero-order valence-electron chi connectivity index (χ0n) is 35.5. The fourth-order valence-electron chi connectivity index (χ4n) is 7.65. The van der Waals surface area contributed by atoms with Crippen molar-refractivity contribution in [1.82, 2.24) is 14.5 Å². The van der Waals surface area contributed by atoms with E-state index in [1.165, 1.54) is 6.07 Å². The number of aromatic carboxylic acids is 1. The molecule has 2 aliphatic rings. The van der Waals surface area contributed by atoms with Gasteiger partial charge in [0.15, 0.2) is 17.2 Å². The van der Waals surface area contributed by atoms with Crippen LogP contribution < -0.4 is 26.0 Å². The van der Waals surface area contributed by atoms with Crippen molar-refractivity contribution in [2.24, 2.45) is 0 Å². The summed E-state index contributed by atoms with van der Waals surface area (Å²) >= 11 is 9.20. The standard InChI is InChI=1S/C47H45ClN6O10S2/c1-27-13-14-32(23-35(27)46(61)54(26-55)36-15-16-37(56)52-45(36)60)49-24-38(57)51-34-12-5-9-29(21-34)42(28-7-3-2-4-8-28)66-53-19-17-31(18-20-53)50-33-11-6-10-30(22-33)43-40(48)41(64-25-39(58)59)44(65-43)47(62)63/h2-14,21-23,26,31,36,42,49-50H,15-20,24-25H2,1H3,(H,51,57)(H,58,59)(H,62,63)(H,52,56,60). The van der Waals surface area contributed by atoms with Crippen molar-refractivity contribution in [1.29, 1.82) is 0 Å². The number of piperidine rings is 2. The molecule has 7 rings (SSSR count). The van der Waals surface area contributed by atoms with Crippen molar-refractivity contribution < 1.29 is 48.5 Å². The van der Waals surface area contributed by atoms with Gasteiger partial charge in [0.2, 0.25) is 24.1 Å². The van der Waals surface area contributed by atoms with Crippen molar-refractivity contribution in [3.63, 3.8) is 0 Å². The van der Waals surface area contributed by atoms with Gasteiger partial charge in [-0.05, 0) is 84.8 Å². The number of aryl methyl sites for hydroxylation is 1. The van der Waals surface area contributed by atoms with E-state index in [0.717, 1.165) is 59.0 Å². The Bertz CT molecular complexity index is 2660. The number of hydrogen-bond donors (Lipinski definition) is 6. The minimum atomic E-state index is -1.26. The van der Waals surface area contributed by atoms with Gasteiger partial charge in [0.1, 0.15) is 11.1 Å². The molecule has 5 amide bonds. The topological polar surface area (TPSA) is 224 Å². The maximum absolute atomic E-state index is 13.4. The average molecular weight is 953 g/mol. The van der Waals surface area contributed by atoms with E-state index in [0.29, 0.717) is 33.8 Å². The summed E-state index contributed by atoms with van der Waals surface area (Å²) < 4.78 is 7.59. The number of carboxylic acid groups (broad SMARTS) is 2. The van der Waals surface area contributed by atoms with Gasteiger partial charge in [-0.3, -0.25) is 34.2 Å². The Hall–Kier alpha value is -6.73. The Labute approximate surface area is 392 Å². The van der Waals surface area contributed by atoms with E-state index >= 15 is 0 Å². The van der Waals surface area contributed by atoms with Gasteiger partial charge < -0.3 is 30.9 Å². The molecular formula is C47H45ClN6O10S2. The number of amides is 5. The first-order chi connectivity index (χ1) is 31.8. The van der Waals surface area contributed by atoms with Crippen LogP contribution in [0.5, 0.6) is 5.75 Å². The third kappa shape index (κ3) is 11.6. The Morgan fingerprint density at radius 3 is 2.36 bits per heavy atom. The number of nitrogens with one attached hydrogen (secondary N) is 4. The van der Waals surface area contributed by atoms with Crippen LogP contribution in [-0.2, 0) is 24.0 Å². The molecule has 16 nitrogen and oxygen atoms in total. The number of nitrogens with zero attached hydrogens (tertiary/aromatic N) is 2. The first-order valence-corrected chi connectivity index (χ1v) is 22.9. The summed E-state index contributed by atoms with van der Waals surface area (Å²) in [6.45, 7) is 2.41. The number of ether oxygens (including phenoxy) is 1. The zero-order valence-corrected chi connectivity index (χ0v) is 37.8. The second kappa shape index (κ2) is 21.5. The normalized spacial score (nSPS) is 15.8. The summed E-state index contributed by atoms with van der Waals surface area (Å²) in [4.78, 5) is 86.8. The van der Waals surface area contributed by atoms with Crippen molar-refractivity contribution in [3.8, 4) is 16.2 Å². The van der Waals surface area contributed by atoms with Crippen LogP contribution >= 0.6 is 34.9 Å². The molecule has 66 heavy (non-hydrogen) atoms. The fourth-order valence-corrected chi connectivity index (χ4v) is 10.3. The second-order valence-electron chi connectivity index (χ2n) is 15.6. The number of aliphatic carboxylic acids is 1. The molecule has 0 spiro atoms. The van der Waals surface area contributed by atoms with E-state index in [2.05, 4.69) is 37.7 Å². The van der Waals surface area contributed by atoms with Crippen molar-refractivity contribution in [3.05, 3.63) is 129 Å². The summed E-state index contributed by atoms with van der Waals surface area (Å²) in [5.41, 5.74) is 5.36. The highest BCUT2D eigenvalue weighted by atomic mass is 35.5. The van der Waals surface area contributed by atoms with E-state index in [-0.39, 0.29) is 57.8 Å². The molecule has 0 aliphatic carbocycles. The molecular weight excluding hydrogens is 908 g/mol. The molecule has 1 aromatic heterocycles. The maximum atomic E-state index is 13.4. The lowest BCUT2D eigenvalue weighted by Crippen LogP contribution is -2.53. The molecule has 2 aliphatic heterocycles. The molecule has 6 N–H and O–H groups in total. The minimum Gasteiger partial charge on any atom is -0.479 e. The van der Waals surface area contributed by atoms with Crippen molar-refractivity contribution in [2.75, 3.05) is 42.2 Å². The van der Waals surface area contributed by atoms with E-state index < -0.39 is 42.3 Å². The highest BCUT2D eigenvalue weighted by molar-refractivity contribution is 7.97. The van der Waals surface area contributed by atoms with E-state index in [1.807, 2.05) is 66.7 Å². The molecule has 4 aromatic carbocycles. The Kier molecular flexibility index (Phi) is 15.4. The summed E-state index contributed by atoms with van der Waals surface area (Å²) in [5.74, 6) is -4.88. The van der Waals surface area contributed by atoms with Crippen LogP contribution in [0.3, 0.4) is 0 Å². The lowest BCUT2D eigenvalue weighted by Gasteiger charge is -2.34. The number of carboxylic acids is 2. The number of imide groups is 2. The molecule has 0 saturated carbocycles. The van der Waals surface area contributed by atoms with Gasteiger partial charge in [0, 0.05) is 48.2 Å². The third-order valence-corrected chi connectivity index (χ3v) is 14.0. The Morgan fingerprint density at radius 2 is 1.65 bits per heavy atom. The molecule has 342 valence electrons. The largest absolute Gasteiger partial charge is 0.479 e. The van der Waals surface area contributed by atoms with Crippen LogP contribution in [0.15, 0.2) is 97.1 Å². The number of hydrogen-bond acceptors (Lipinski definition) is 13. The lowest BCUT2D eigenvalue weighted by molar-refractivity contribution is -0.140. The van der Waals surface area contributed by atoms with Crippen LogP contribution in [-0.4, -0.2) is 99.7 Å². The van der Waals surface area contributed by atoms with Crippen LogP contribution in [0.25, 0.3) is 10.4 Å². The molecule has 2 unspecified atom stereocenters. The quantitative estimate of drug-likeness (QED) is 0.0288. The lowest BCUT2D eigenvalue weighted by atomic mass is 10.0. The molecule has 2 atom stereocenters. The molecule has 5 aromatic rings. The number of thiophene rings is 1. The maximum Gasteiger partial charge on any atom is 0.349 e. The number of carbonyl (C=O) groups excluding carboxylic acids is 5. The second-order valence-corrected chi connectivity index (χ2v) is 18.2. The third-order valence-electron chi connectivity index (χ3n) is 10.9. The number of benzene rings is 4.